The van der Waals surface area contributed by atoms with Crippen LogP contribution in [0.15, 0.2) is 18.2 Å². The summed E-state index contributed by atoms with van der Waals surface area (Å²) < 4.78 is 42.5. The summed E-state index contributed by atoms with van der Waals surface area (Å²) in [6, 6.07) is 3.26. The molecule has 1 unspecified atom stereocenters. The molecule has 1 atom stereocenters. The van der Waals surface area contributed by atoms with Crippen LogP contribution in [0.5, 0.6) is 0 Å². The Kier molecular flexibility index (Phi) is 5.85. The highest BCUT2D eigenvalue weighted by Gasteiger charge is 2.46. The van der Waals surface area contributed by atoms with Crippen LogP contribution in [0.3, 0.4) is 0 Å². The van der Waals surface area contributed by atoms with Gasteiger partial charge in [-0.05, 0) is 17.4 Å². The predicted octanol–water partition coefficient (Wildman–Crippen LogP) is 2.31. The summed E-state index contributed by atoms with van der Waals surface area (Å²) >= 11 is 0. The molecule has 3 amide bonds. The van der Waals surface area contributed by atoms with Gasteiger partial charge in [0.15, 0.2) is 5.69 Å². The standard InChI is InChI=1S/C23H28F3N5O3/c1-22(2,3)18(21(34)30-10-13(11-30)19(27)32)28-20(33)16-14-5-4-6-15(24)17(14)31(29-16)9-12-7-23(25,26)8-12/h4-6,12-13,18H,7-11H2,1-3H3,(H2,27,32)(H,28,33). The molecule has 0 bridgehead atoms. The van der Waals surface area contributed by atoms with Crippen molar-refractivity contribution in [1.82, 2.24) is 20.0 Å². The van der Waals surface area contributed by atoms with Crippen molar-refractivity contribution >= 4 is 28.6 Å². The lowest BCUT2D eigenvalue weighted by Gasteiger charge is -2.42. The first-order valence-electron chi connectivity index (χ1n) is 11.2. The summed E-state index contributed by atoms with van der Waals surface area (Å²) in [4.78, 5) is 39.1. The third-order valence-corrected chi connectivity index (χ3v) is 6.53. The molecule has 11 heteroatoms. The van der Waals surface area contributed by atoms with Crippen molar-refractivity contribution in [2.45, 2.75) is 52.1 Å². The molecule has 3 N–H and O–H groups in total. The fourth-order valence-corrected chi connectivity index (χ4v) is 4.52. The van der Waals surface area contributed by atoms with Crippen molar-refractivity contribution in [3.63, 3.8) is 0 Å². The SMILES string of the molecule is CC(C)(C)C(NC(=O)c1nn(CC2CC(F)(F)C2)c2c(F)cccc12)C(=O)N1CC(C(N)=O)C1. The van der Waals surface area contributed by atoms with Gasteiger partial charge < -0.3 is 16.0 Å². The first-order valence-corrected chi connectivity index (χ1v) is 11.2. The Balaban J connectivity index is 1.58. The molecule has 4 rings (SSSR count). The number of benzene rings is 1. The second-order valence-corrected chi connectivity index (χ2v) is 10.4. The van der Waals surface area contributed by atoms with Crippen molar-refractivity contribution < 1.29 is 27.6 Å². The summed E-state index contributed by atoms with van der Waals surface area (Å²) in [5, 5.41) is 7.22. The van der Waals surface area contributed by atoms with Crippen LogP contribution in [0, 0.1) is 23.1 Å². The maximum atomic E-state index is 14.6. The van der Waals surface area contributed by atoms with E-state index in [4.69, 9.17) is 5.73 Å². The van der Waals surface area contributed by atoms with Gasteiger partial charge in [0.2, 0.25) is 17.7 Å². The van der Waals surface area contributed by atoms with Gasteiger partial charge in [-0.25, -0.2) is 13.2 Å². The van der Waals surface area contributed by atoms with Crippen molar-refractivity contribution in [1.29, 1.82) is 0 Å². The van der Waals surface area contributed by atoms with E-state index in [-0.39, 0.29) is 60.9 Å². The molecule has 2 fully saturated rings. The second-order valence-electron chi connectivity index (χ2n) is 10.4. The van der Waals surface area contributed by atoms with Gasteiger partial charge in [-0.15, -0.1) is 0 Å². The van der Waals surface area contributed by atoms with Gasteiger partial charge in [0.1, 0.15) is 17.4 Å². The number of halogens is 3. The zero-order valence-corrected chi connectivity index (χ0v) is 19.3. The molecular weight excluding hydrogens is 451 g/mol. The molecule has 0 spiro atoms. The molecule has 2 aromatic rings. The number of nitrogens with two attached hydrogens (primary N) is 1. The second kappa shape index (κ2) is 8.28. The molecule has 1 aliphatic carbocycles. The number of likely N-dealkylation sites (tertiary alicyclic amines) is 1. The maximum absolute atomic E-state index is 14.6. The molecule has 1 aromatic heterocycles. The molecule has 1 aliphatic heterocycles. The molecular formula is C23H28F3N5O3. The van der Waals surface area contributed by atoms with Gasteiger partial charge in [0, 0.05) is 37.9 Å². The quantitative estimate of drug-likeness (QED) is 0.663. The van der Waals surface area contributed by atoms with E-state index in [2.05, 4.69) is 10.4 Å². The summed E-state index contributed by atoms with van der Waals surface area (Å²) in [5.74, 6) is -5.64. The van der Waals surface area contributed by atoms with E-state index >= 15 is 0 Å². The van der Waals surface area contributed by atoms with E-state index in [9.17, 15) is 27.6 Å². The third kappa shape index (κ3) is 4.47. The largest absolute Gasteiger partial charge is 0.369 e. The topological polar surface area (TPSA) is 110 Å². The van der Waals surface area contributed by atoms with Gasteiger partial charge in [-0.3, -0.25) is 19.1 Å². The number of carbonyl (C=O) groups is 3. The molecule has 1 saturated heterocycles. The van der Waals surface area contributed by atoms with Crippen LogP contribution in [0.25, 0.3) is 10.9 Å². The van der Waals surface area contributed by atoms with Crippen LogP contribution in [0.1, 0.15) is 44.1 Å². The number of hydrogen-bond donors (Lipinski definition) is 2. The minimum atomic E-state index is -2.73. The Morgan fingerprint density at radius 2 is 1.88 bits per heavy atom. The first-order chi connectivity index (χ1) is 15.8. The number of nitrogens with one attached hydrogen (secondary N) is 1. The Morgan fingerprint density at radius 1 is 1.24 bits per heavy atom. The molecule has 0 radical (unpaired) electrons. The highest BCUT2D eigenvalue weighted by Crippen LogP contribution is 2.43. The van der Waals surface area contributed by atoms with Crippen LogP contribution >= 0.6 is 0 Å². The van der Waals surface area contributed by atoms with Crippen molar-refractivity contribution in [3.8, 4) is 0 Å². The number of alkyl halides is 2. The lowest BCUT2D eigenvalue weighted by Crippen LogP contribution is -2.62. The first kappa shape index (κ1) is 24.0. The number of primary amides is 1. The molecule has 184 valence electrons. The zero-order valence-electron chi connectivity index (χ0n) is 19.3. The highest BCUT2D eigenvalue weighted by atomic mass is 19.3. The monoisotopic (exact) mass is 479 g/mol. The Bertz CT molecular complexity index is 1140. The molecule has 1 saturated carbocycles. The van der Waals surface area contributed by atoms with Crippen molar-refractivity contribution in [2.75, 3.05) is 13.1 Å². The van der Waals surface area contributed by atoms with Crippen LogP contribution in [0.2, 0.25) is 0 Å². The van der Waals surface area contributed by atoms with Gasteiger partial charge in [0.25, 0.3) is 5.91 Å². The summed E-state index contributed by atoms with van der Waals surface area (Å²) in [6.45, 7) is 5.79. The van der Waals surface area contributed by atoms with Crippen LogP contribution in [-0.2, 0) is 16.1 Å². The summed E-state index contributed by atoms with van der Waals surface area (Å²) in [6.07, 6.45) is -0.625. The molecule has 2 heterocycles. The number of aromatic nitrogens is 2. The average Bonchev–Trinajstić information content (AvgIpc) is 3.01. The maximum Gasteiger partial charge on any atom is 0.273 e. The Morgan fingerprint density at radius 3 is 2.44 bits per heavy atom. The molecule has 8 nitrogen and oxygen atoms in total. The number of carbonyl (C=O) groups excluding carboxylic acids is 3. The highest BCUT2D eigenvalue weighted by molar-refractivity contribution is 6.06. The van der Waals surface area contributed by atoms with E-state index < -0.39 is 40.9 Å². The summed E-state index contributed by atoms with van der Waals surface area (Å²) in [5.41, 5.74) is 4.59. The minimum Gasteiger partial charge on any atom is -0.369 e. The van der Waals surface area contributed by atoms with Gasteiger partial charge in [0.05, 0.1) is 5.92 Å². The van der Waals surface area contributed by atoms with E-state index in [1.807, 2.05) is 0 Å². The van der Waals surface area contributed by atoms with E-state index in [1.165, 1.54) is 27.8 Å². The minimum absolute atomic E-state index is 0.0597. The average molecular weight is 480 g/mol. The van der Waals surface area contributed by atoms with Crippen LogP contribution in [0.4, 0.5) is 13.2 Å². The zero-order chi connectivity index (χ0) is 25.0. The number of hydrogen-bond acceptors (Lipinski definition) is 4. The normalized spacial score (nSPS) is 19.4. The van der Waals surface area contributed by atoms with E-state index in [0.29, 0.717) is 0 Å². The Labute approximate surface area is 194 Å². The number of rotatable bonds is 6. The smallest absolute Gasteiger partial charge is 0.273 e. The number of amides is 3. The lowest BCUT2D eigenvalue weighted by atomic mass is 9.81. The van der Waals surface area contributed by atoms with Crippen molar-refractivity contribution in [2.24, 2.45) is 23.0 Å². The number of fused-ring (bicyclic) bond motifs is 1. The molecule has 34 heavy (non-hydrogen) atoms. The van der Waals surface area contributed by atoms with Gasteiger partial charge in [-0.1, -0.05) is 32.9 Å². The fraction of sp³-hybridized carbons (Fsp3) is 0.565. The van der Waals surface area contributed by atoms with Crippen LogP contribution < -0.4 is 11.1 Å². The third-order valence-electron chi connectivity index (χ3n) is 6.53. The molecule has 1 aromatic carbocycles. The van der Waals surface area contributed by atoms with Crippen LogP contribution in [-0.4, -0.2) is 57.5 Å². The van der Waals surface area contributed by atoms with Gasteiger partial charge >= 0.3 is 0 Å². The molecule has 2 aliphatic rings. The van der Waals surface area contributed by atoms with Gasteiger partial charge in [-0.2, -0.15) is 5.10 Å². The summed E-state index contributed by atoms with van der Waals surface area (Å²) in [7, 11) is 0. The lowest BCUT2D eigenvalue weighted by molar-refractivity contribution is -0.145. The number of para-hydroxylation sites is 1. The fourth-order valence-electron chi connectivity index (χ4n) is 4.52. The van der Waals surface area contributed by atoms with Crippen molar-refractivity contribution in [3.05, 3.63) is 29.7 Å². The Hall–Kier alpha value is -3.11. The predicted molar refractivity (Wildman–Crippen MR) is 117 cm³/mol. The van der Waals surface area contributed by atoms with E-state index in [1.54, 1.807) is 20.8 Å². The number of nitrogens with zero attached hydrogens (tertiary/aromatic N) is 3. The van der Waals surface area contributed by atoms with E-state index in [0.717, 1.165) is 0 Å².